The van der Waals surface area contributed by atoms with Crippen LogP contribution in [-0.4, -0.2) is 11.8 Å². The van der Waals surface area contributed by atoms with Crippen LogP contribution < -0.4 is 10.1 Å². The summed E-state index contributed by atoms with van der Waals surface area (Å²) in [6, 6.07) is 18.3. The summed E-state index contributed by atoms with van der Waals surface area (Å²) >= 11 is 0. The number of halogens is 1. The predicted octanol–water partition coefficient (Wildman–Crippen LogP) is 6.47. The van der Waals surface area contributed by atoms with Crippen LogP contribution in [0.3, 0.4) is 0 Å². The van der Waals surface area contributed by atoms with Crippen LogP contribution in [0.5, 0.6) is 5.75 Å². The lowest BCUT2D eigenvalue weighted by molar-refractivity contribution is -0.127. The minimum Gasteiger partial charge on any atom is -0.452 e. The van der Waals surface area contributed by atoms with Gasteiger partial charge in [-0.25, -0.2) is 9.18 Å². The van der Waals surface area contributed by atoms with Crippen LogP contribution in [0.25, 0.3) is 0 Å². The average Bonchev–Trinajstić information content (AvgIpc) is 2.81. The van der Waals surface area contributed by atoms with Crippen LogP contribution >= 0.6 is 0 Å². The Morgan fingerprint density at radius 1 is 0.941 bits per heavy atom. The van der Waals surface area contributed by atoms with Gasteiger partial charge in [0, 0.05) is 42.8 Å². The van der Waals surface area contributed by atoms with Crippen molar-refractivity contribution in [3.8, 4) is 17.6 Å². The molecule has 1 N–H and O–H groups in total. The molecule has 0 bridgehead atoms. The Kier molecular flexibility index (Phi) is 6.88. The van der Waals surface area contributed by atoms with E-state index in [-0.39, 0.29) is 12.4 Å². The third-order valence-corrected chi connectivity index (χ3v) is 5.55. The molecule has 0 radical (unpaired) electrons. The predicted molar refractivity (Wildman–Crippen MR) is 131 cm³/mol. The molecule has 0 spiro atoms. The lowest BCUT2D eigenvalue weighted by atomic mass is 10.1. The van der Waals surface area contributed by atoms with Gasteiger partial charge in [0.05, 0.1) is 0 Å². The molecule has 5 heteroatoms. The van der Waals surface area contributed by atoms with Gasteiger partial charge in [0.1, 0.15) is 17.1 Å². The topological polar surface area (TPSA) is 47.6 Å². The first-order chi connectivity index (χ1) is 16.3. The van der Waals surface area contributed by atoms with Gasteiger partial charge in [-0.1, -0.05) is 43.4 Å². The number of unbranched alkanes of at least 4 members (excludes halogenated alkanes) is 1. The normalized spacial score (nSPS) is 13.7. The highest BCUT2D eigenvalue weighted by Crippen LogP contribution is 2.33. The third-order valence-electron chi connectivity index (χ3n) is 5.55. The van der Waals surface area contributed by atoms with E-state index in [2.05, 4.69) is 36.2 Å². The number of hydrogen-bond donors (Lipinski definition) is 1. The van der Waals surface area contributed by atoms with Crippen LogP contribution in [0.1, 0.15) is 66.2 Å². The molecule has 1 aliphatic rings. The van der Waals surface area contributed by atoms with Crippen molar-refractivity contribution in [1.82, 2.24) is 0 Å². The number of carbonyl (C=O) groups is 1. The second-order valence-electron chi connectivity index (χ2n) is 8.81. The van der Waals surface area contributed by atoms with E-state index in [1.807, 2.05) is 18.2 Å². The number of aryl methyl sites for hydroxylation is 1. The minimum atomic E-state index is -0.995. The number of cyclic esters (lactones) is 1. The summed E-state index contributed by atoms with van der Waals surface area (Å²) in [5.74, 6) is 4.83. The summed E-state index contributed by atoms with van der Waals surface area (Å²) in [7, 11) is 0. The highest BCUT2D eigenvalue weighted by molar-refractivity contribution is 5.94. The molecule has 4 rings (SSSR count). The Bertz CT molecular complexity index is 1250. The van der Waals surface area contributed by atoms with Crippen LogP contribution in [0, 0.1) is 17.7 Å². The molecule has 1 aliphatic heterocycles. The smallest absolute Gasteiger partial charge is 0.345 e. The van der Waals surface area contributed by atoms with Gasteiger partial charge in [0.25, 0.3) is 0 Å². The summed E-state index contributed by atoms with van der Waals surface area (Å²) in [5.41, 5.74) is 4.35. The zero-order valence-electron chi connectivity index (χ0n) is 19.7. The lowest BCUT2D eigenvalue weighted by Crippen LogP contribution is -2.38. The first-order valence-electron chi connectivity index (χ1n) is 11.5. The van der Waals surface area contributed by atoms with Crippen LogP contribution in [0.15, 0.2) is 60.7 Å². The average molecular weight is 458 g/mol. The van der Waals surface area contributed by atoms with Crippen LogP contribution in [0.2, 0.25) is 0 Å². The molecule has 0 aromatic heterocycles. The number of benzene rings is 3. The Balaban J connectivity index is 1.40. The fraction of sp³-hybridized carbons (Fsp3) is 0.276. The third kappa shape index (κ3) is 5.77. The molecule has 0 saturated carbocycles. The first kappa shape index (κ1) is 23.4. The molecular weight excluding hydrogens is 429 g/mol. The molecule has 3 aromatic rings. The van der Waals surface area contributed by atoms with Gasteiger partial charge in [0.15, 0.2) is 0 Å². The van der Waals surface area contributed by atoms with Crippen LogP contribution in [0.4, 0.5) is 10.1 Å². The van der Waals surface area contributed by atoms with Gasteiger partial charge in [-0.15, -0.1) is 0 Å². The largest absolute Gasteiger partial charge is 0.452 e. The number of carbonyl (C=O) groups excluding carboxylic acids is 1. The fourth-order valence-corrected chi connectivity index (χ4v) is 3.70. The van der Waals surface area contributed by atoms with Crippen LogP contribution in [-0.2, 0) is 17.7 Å². The van der Waals surface area contributed by atoms with E-state index in [9.17, 15) is 9.18 Å². The lowest BCUT2D eigenvalue weighted by Gasteiger charge is -2.31. The van der Waals surface area contributed by atoms with Crippen molar-refractivity contribution in [2.75, 3.05) is 5.32 Å². The van der Waals surface area contributed by atoms with Gasteiger partial charge in [-0.3, -0.25) is 0 Å². The van der Waals surface area contributed by atoms with E-state index in [1.54, 1.807) is 38.1 Å². The van der Waals surface area contributed by atoms with Gasteiger partial charge < -0.3 is 14.8 Å². The molecule has 0 saturated heterocycles. The van der Waals surface area contributed by atoms with Crippen molar-refractivity contribution in [3.05, 3.63) is 94.3 Å². The highest BCUT2D eigenvalue weighted by Gasteiger charge is 2.33. The Labute approximate surface area is 200 Å². The molecule has 0 atom stereocenters. The molecule has 0 unspecified atom stereocenters. The summed E-state index contributed by atoms with van der Waals surface area (Å²) in [4.78, 5) is 12.2. The standard InChI is InChI=1S/C29H28FNO3/c1-4-5-6-20-7-9-21(10-8-20)11-12-22-13-14-23(26(30)17-22)19-31-24-15-16-27-25(18-24)28(32)34-29(2,3)33-27/h7-10,13-18,31H,4-6,19H2,1-3H3. The maximum atomic E-state index is 14.7. The maximum Gasteiger partial charge on any atom is 0.345 e. The van der Waals surface area contributed by atoms with E-state index in [0.717, 1.165) is 12.0 Å². The molecule has 34 heavy (non-hydrogen) atoms. The zero-order valence-corrected chi connectivity index (χ0v) is 19.7. The molecule has 0 amide bonds. The number of rotatable bonds is 6. The van der Waals surface area contributed by atoms with Crippen molar-refractivity contribution in [1.29, 1.82) is 0 Å². The number of hydrogen-bond acceptors (Lipinski definition) is 4. The number of anilines is 1. The molecule has 4 nitrogen and oxygen atoms in total. The number of ether oxygens (including phenoxy) is 2. The van der Waals surface area contributed by atoms with E-state index < -0.39 is 11.8 Å². The van der Waals surface area contributed by atoms with E-state index in [1.165, 1.54) is 24.5 Å². The fourth-order valence-electron chi connectivity index (χ4n) is 3.70. The van der Waals surface area contributed by atoms with E-state index in [4.69, 9.17) is 9.47 Å². The molecular formula is C29H28FNO3. The molecule has 1 heterocycles. The molecule has 0 aliphatic carbocycles. The van der Waals surface area contributed by atoms with Gasteiger partial charge in [-0.05, 0) is 60.9 Å². The zero-order chi connectivity index (χ0) is 24.1. The van der Waals surface area contributed by atoms with E-state index in [0.29, 0.717) is 28.1 Å². The summed E-state index contributed by atoms with van der Waals surface area (Å²) in [5, 5.41) is 3.15. The molecule has 174 valence electrons. The Morgan fingerprint density at radius 2 is 1.68 bits per heavy atom. The molecule has 3 aromatic carbocycles. The van der Waals surface area contributed by atoms with Gasteiger partial charge >= 0.3 is 5.97 Å². The number of nitrogens with one attached hydrogen (secondary N) is 1. The highest BCUT2D eigenvalue weighted by atomic mass is 19.1. The summed E-state index contributed by atoms with van der Waals surface area (Å²) in [6.45, 7) is 5.81. The van der Waals surface area contributed by atoms with Crippen molar-refractivity contribution < 1.29 is 18.7 Å². The first-order valence-corrected chi connectivity index (χ1v) is 11.5. The minimum absolute atomic E-state index is 0.263. The van der Waals surface area contributed by atoms with Gasteiger partial charge in [0.2, 0.25) is 5.79 Å². The number of esters is 1. The quantitative estimate of drug-likeness (QED) is 0.341. The summed E-state index contributed by atoms with van der Waals surface area (Å²) < 4.78 is 25.6. The summed E-state index contributed by atoms with van der Waals surface area (Å²) in [6.07, 6.45) is 3.43. The van der Waals surface area contributed by atoms with Crippen molar-refractivity contribution in [2.24, 2.45) is 0 Å². The van der Waals surface area contributed by atoms with Crippen molar-refractivity contribution in [3.63, 3.8) is 0 Å². The SMILES string of the molecule is CCCCc1ccc(C#Cc2ccc(CNc3ccc4c(c3)C(=O)OC(C)(C)O4)c(F)c2)cc1. The molecule has 0 fully saturated rings. The Hall–Kier alpha value is -3.78. The second-order valence-corrected chi connectivity index (χ2v) is 8.81. The van der Waals surface area contributed by atoms with Gasteiger partial charge in [-0.2, -0.15) is 0 Å². The van der Waals surface area contributed by atoms with E-state index >= 15 is 0 Å². The number of fused-ring (bicyclic) bond motifs is 1. The monoisotopic (exact) mass is 457 g/mol. The van der Waals surface area contributed by atoms with Crippen molar-refractivity contribution in [2.45, 2.75) is 52.4 Å². The Morgan fingerprint density at radius 3 is 2.41 bits per heavy atom. The maximum absolute atomic E-state index is 14.7. The second kappa shape index (κ2) is 10.0. The van der Waals surface area contributed by atoms with Crippen molar-refractivity contribution >= 4 is 11.7 Å².